The van der Waals surface area contributed by atoms with Crippen molar-refractivity contribution in [3.8, 4) is 6.07 Å². The minimum absolute atomic E-state index is 0.348. The van der Waals surface area contributed by atoms with Crippen LogP contribution in [-0.2, 0) is 4.74 Å². The van der Waals surface area contributed by atoms with Crippen LogP contribution in [0, 0.1) is 11.3 Å². The molecule has 0 aromatic carbocycles. The van der Waals surface area contributed by atoms with Gasteiger partial charge in [-0.05, 0) is 37.6 Å². The second-order valence-electron chi connectivity index (χ2n) is 5.94. The number of carbonyl (C=O) groups is 1. The van der Waals surface area contributed by atoms with Crippen molar-refractivity contribution >= 4 is 17.6 Å². The minimum Gasteiger partial charge on any atom is -0.462 e. The molecule has 1 aliphatic rings. The molecule has 7 nitrogen and oxygen atoms in total. The van der Waals surface area contributed by atoms with Gasteiger partial charge < -0.3 is 14.5 Å². The number of hydrogen-bond acceptors (Lipinski definition) is 7. The van der Waals surface area contributed by atoms with E-state index in [1.165, 1.54) is 0 Å². The lowest BCUT2D eigenvalue weighted by Crippen LogP contribution is -2.32. The molecule has 2 aromatic heterocycles. The number of nitrogens with zero attached hydrogens (tertiary/aromatic N) is 5. The number of aromatic nitrogens is 2. The van der Waals surface area contributed by atoms with Gasteiger partial charge in [-0.2, -0.15) is 5.26 Å². The average molecular weight is 351 g/mol. The van der Waals surface area contributed by atoms with Crippen LogP contribution in [-0.4, -0.2) is 48.7 Å². The van der Waals surface area contributed by atoms with Crippen LogP contribution in [0.25, 0.3) is 0 Å². The Balaban J connectivity index is 1.69. The molecule has 2 aromatic rings. The summed E-state index contributed by atoms with van der Waals surface area (Å²) in [6.07, 6.45) is 4.21. The van der Waals surface area contributed by atoms with Crippen LogP contribution >= 0.6 is 0 Å². The van der Waals surface area contributed by atoms with Crippen LogP contribution in [0.4, 0.5) is 11.6 Å². The Morgan fingerprint density at radius 1 is 1.19 bits per heavy atom. The van der Waals surface area contributed by atoms with Gasteiger partial charge in [0.25, 0.3) is 0 Å². The summed E-state index contributed by atoms with van der Waals surface area (Å²) in [5, 5.41) is 9.28. The highest BCUT2D eigenvalue weighted by Gasteiger charge is 2.19. The van der Waals surface area contributed by atoms with Crippen LogP contribution in [0.5, 0.6) is 0 Å². The Hall–Kier alpha value is -3.14. The van der Waals surface area contributed by atoms with Gasteiger partial charge in [0.2, 0.25) is 0 Å². The molecule has 0 atom stereocenters. The quantitative estimate of drug-likeness (QED) is 0.781. The van der Waals surface area contributed by atoms with Gasteiger partial charge in [-0.25, -0.2) is 14.8 Å². The second kappa shape index (κ2) is 8.30. The molecule has 0 radical (unpaired) electrons. The number of pyridine rings is 2. The number of rotatable bonds is 4. The van der Waals surface area contributed by atoms with Gasteiger partial charge in [0, 0.05) is 38.6 Å². The van der Waals surface area contributed by atoms with Crippen molar-refractivity contribution in [1.29, 1.82) is 5.26 Å². The molecule has 1 fully saturated rings. The van der Waals surface area contributed by atoms with Crippen molar-refractivity contribution in [2.45, 2.75) is 13.3 Å². The van der Waals surface area contributed by atoms with E-state index in [2.05, 4.69) is 25.8 Å². The molecule has 0 unspecified atom stereocenters. The third-order valence-corrected chi connectivity index (χ3v) is 4.29. The summed E-state index contributed by atoms with van der Waals surface area (Å²) < 4.78 is 4.99. The summed E-state index contributed by atoms with van der Waals surface area (Å²) in [7, 11) is 0. The lowest BCUT2D eigenvalue weighted by molar-refractivity contribution is 0.0526. The van der Waals surface area contributed by atoms with Crippen LogP contribution in [0.15, 0.2) is 36.7 Å². The molecule has 0 aliphatic carbocycles. The first-order chi connectivity index (χ1) is 12.7. The first kappa shape index (κ1) is 17.7. The van der Waals surface area contributed by atoms with Crippen molar-refractivity contribution in [1.82, 2.24) is 9.97 Å². The van der Waals surface area contributed by atoms with E-state index < -0.39 is 0 Å². The Labute approximate surface area is 152 Å². The summed E-state index contributed by atoms with van der Waals surface area (Å²) >= 11 is 0. The van der Waals surface area contributed by atoms with Crippen molar-refractivity contribution < 1.29 is 9.53 Å². The van der Waals surface area contributed by atoms with E-state index in [1.54, 1.807) is 37.5 Å². The third-order valence-electron chi connectivity index (χ3n) is 4.29. The van der Waals surface area contributed by atoms with Crippen molar-refractivity contribution in [2.24, 2.45) is 0 Å². The van der Waals surface area contributed by atoms with Gasteiger partial charge in [0.05, 0.1) is 17.7 Å². The summed E-state index contributed by atoms with van der Waals surface area (Å²) in [6, 6.07) is 9.38. The predicted molar refractivity (Wildman–Crippen MR) is 98.2 cm³/mol. The Morgan fingerprint density at radius 3 is 2.73 bits per heavy atom. The second-order valence-corrected chi connectivity index (χ2v) is 5.94. The maximum atomic E-state index is 11.7. The zero-order chi connectivity index (χ0) is 18.4. The molecule has 1 saturated heterocycles. The van der Waals surface area contributed by atoms with E-state index in [4.69, 9.17) is 4.74 Å². The largest absolute Gasteiger partial charge is 0.462 e. The molecule has 3 rings (SSSR count). The number of ether oxygens (including phenoxy) is 1. The lowest BCUT2D eigenvalue weighted by Gasteiger charge is -2.24. The van der Waals surface area contributed by atoms with Gasteiger partial charge >= 0.3 is 5.97 Å². The van der Waals surface area contributed by atoms with Gasteiger partial charge in [-0.1, -0.05) is 0 Å². The van der Waals surface area contributed by atoms with E-state index >= 15 is 0 Å². The molecule has 1 aliphatic heterocycles. The van der Waals surface area contributed by atoms with E-state index in [9.17, 15) is 10.1 Å². The minimum atomic E-state index is -0.354. The standard InChI is InChI=1S/C19H21N5O2/c1-2-26-19(25)16-6-7-17(22-14-16)23-9-4-10-24(12-11-23)18-15(13-20)5-3-8-21-18/h3,5-8,14H,2,4,9-12H2,1H3. The smallest absolute Gasteiger partial charge is 0.339 e. The van der Waals surface area contributed by atoms with E-state index in [0.717, 1.165) is 44.2 Å². The first-order valence-electron chi connectivity index (χ1n) is 8.71. The van der Waals surface area contributed by atoms with E-state index in [-0.39, 0.29) is 5.97 Å². The molecular weight excluding hydrogens is 330 g/mol. The van der Waals surface area contributed by atoms with Gasteiger partial charge in [-0.3, -0.25) is 0 Å². The van der Waals surface area contributed by atoms with Crippen LogP contribution in [0.1, 0.15) is 29.3 Å². The highest BCUT2D eigenvalue weighted by molar-refractivity contribution is 5.89. The third kappa shape index (κ3) is 3.91. The number of esters is 1. The monoisotopic (exact) mass is 351 g/mol. The number of nitriles is 1. The van der Waals surface area contributed by atoms with E-state index in [0.29, 0.717) is 17.7 Å². The molecule has 26 heavy (non-hydrogen) atoms. The fraction of sp³-hybridized carbons (Fsp3) is 0.368. The Morgan fingerprint density at radius 2 is 2.00 bits per heavy atom. The van der Waals surface area contributed by atoms with Crippen LogP contribution in [0.3, 0.4) is 0 Å². The molecule has 0 saturated carbocycles. The lowest BCUT2D eigenvalue weighted by atomic mass is 10.2. The van der Waals surface area contributed by atoms with Crippen molar-refractivity contribution in [2.75, 3.05) is 42.6 Å². The highest BCUT2D eigenvalue weighted by Crippen LogP contribution is 2.20. The number of hydrogen-bond donors (Lipinski definition) is 0. The summed E-state index contributed by atoms with van der Waals surface area (Å²) in [5.41, 5.74) is 1.05. The maximum absolute atomic E-state index is 11.7. The fourth-order valence-electron chi connectivity index (χ4n) is 3.00. The molecule has 3 heterocycles. The Kier molecular flexibility index (Phi) is 5.64. The normalized spacial score (nSPS) is 14.5. The first-order valence-corrected chi connectivity index (χ1v) is 8.71. The average Bonchev–Trinajstić information content (AvgIpc) is 2.94. The SMILES string of the molecule is CCOC(=O)c1ccc(N2CCCN(c3ncccc3C#N)CC2)nc1. The molecular formula is C19H21N5O2. The van der Waals surface area contributed by atoms with Crippen molar-refractivity contribution in [3.63, 3.8) is 0 Å². The Bertz CT molecular complexity index is 800. The van der Waals surface area contributed by atoms with Gasteiger partial charge in [0.15, 0.2) is 0 Å². The molecule has 0 bridgehead atoms. The summed E-state index contributed by atoms with van der Waals surface area (Å²) in [4.78, 5) is 24.9. The van der Waals surface area contributed by atoms with Gasteiger partial charge in [0.1, 0.15) is 17.7 Å². The van der Waals surface area contributed by atoms with Crippen LogP contribution < -0.4 is 9.80 Å². The maximum Gasteiger partial charge on any atom is 0.339 e. The fourth-order valence-corrected chi connectivity index (χ4v) is 3.00. The zero-order valence-electron chi connectivity index (χ0n) is 14.8. The number of carbonyl (C=O) groups excluding carboxylic acids is 1. The summed E-state index contributed by atoms with van der Waals surface area (Å²) in [6.45, 7) is 5.35. The molecule has 134 valence electrons. The van der Waals surface area contributed by atoms with Crippen LogP contribution in [0.2, 0.25) is 0 Å². The summed E-state index contributed by atoms with van der Waals surface area (Å²) in [5.74, 6) is 1.22. The number of anilines is 2. The topological polar surface area (TPSA) is 82.4 Å². The zero-order valence-corrected chi connectivity index (χ0v) is 14.8. The van der Waals surface area contributed by atoms with Gasteiger partial charge in [-0.15, -0.1) is 0 Å². The van der Waals surface area contributed by atoms with Crippen molar-refractivity contribution in [3.05, 3.63) is 47.8 Å². The van der Waals surface area contributed by atoms with E-state index in [1.807, 2.05) is 6.07 Å². The predicted octanol–water partition coefficient (Wildman–Crippen LogP) is 2.24. The molecule has 0 amide bonds. The highest BCUT2D eigenvalue weighted by atomic mass is 16.5. The molecule has 0 N–H and O–H groups in total. The molecule has 0 spiro atoms. The molecule has 7 heteroatoms.